The van der Waals surface area contributed by atoms with Gasteiger partial charge in [-0.2, -0.15) is 0 Å². The molecule has 0 aromatic carbocycles. The Kier molecular flexibility index (Phi) is 4.23. The van der Waals surface area contributed by atoms with E-state index in [9.17, 15) is 9.59 Å². The van der Waals surface area contributed by atoms with Gasteiger partial charge in [-0.3, -0.25) is 9.59 Å². The Morgan fingerprint density at radius 2 is 2.33 bits per heavy atom. The number of aryl methyl sites for hydroxylation is 1. The van der Waals surface area contributed by atoms with Crippen LogP contribution in [0.15, 0.2) is 6.20 Å². The van der Waals surface area contributed by atoms with E-state index in [1.807, 2.05) is 6.92 Å². The fourth-order valence-corrected chi connectivity index (χ4v) is 1.92. The van der Waals surface area contributed by atoms with Gasteiger partial charge in [-0.15, -0.1) is 11.3 Å². The van der Waals surface area contributed by atoms with Crippen LogP contribution in [-0.4, -0.2) is 28.5 Å². The van der Waals surface area contributed by atoms with E-state index in [2.05, 4.69) is 10.3 Å². The van der Waals surface area contributed by atoms with E-state index in [0.717, 1.165) is 17.8 Å². The van der Waals surface area contributed by atoms with Crippen molar-refractivity contribution in [2.24, 2.45) is 0 Å². The fraction of sp³-hybridized carbons (Fsp3) is 0.444. The van der Waals surface area contributed by atoms with Gasteiger partial charge in [-0.05, 0) is 12.8 Å². The summed E-state index contributed by atoms with van der Waals surface area (Å²) in [5.41, 5.74) is 0. The van der Waals surface area contributed by atoms with Gasteiger partial charge in [-0.25, -0.2) is 4.98 Å². The number of carbonyl (C=O) groups is 2. The lowest BCUT2D eigenvalue weighted by atomic mass is 10.4. The van der Waals surface area contributed by atoms with E-state index in [0.29, 0.717) is 4.88 Å². The lowest BCUT2D eigenvalue weighted by Crippen LogP contribution is -2.28. The van der Waals surface area contributed by atoms with Gasteiger partial charge in [0, 0.05) is 0 Å². The Labute approximate surface area is 91.1 Å². The topological polar surface area (TPSA) is 79.3 Å². The summed E-state index contributed by atoms with van der Waals surface area (Å²) >= 11 is 1.30. The van der Waals surface area contributed by atoms with E-state index in [1.54, 1.807) is 0 Å². The van der Waals surface area contributed by atoms with Crippen molar-refractivity contribution >= 4 is 23.2 Å². The first-order valence-electron chi connectivity index (χ1n) is 4.58. The second-order valence-corrected chi connectivity index (χ2v) is 4.06. The molecule has 1 rings (SSSR count). The molecule has 0 aliphatic heterocycles. The second kappa shape index (κ2) is 5.45. The van der Waals surface area contributed by atoms with Gasteiger partial charge >= 0.3 is 5.97 Å². The normalized spacial score (nSPS) is 9.93. The van der Waals surface area contributed by atoms with Crippen molar-refractivity contribution in [3.63, 3.8) is 0 Å². The highest BCUT2D eigenvalue weighted by molar-refractivity contribution is 7.13. The molecule has 0 fully saturated rings. The Balaban J connectivity index is 2.54. The zero-order chi connectivity index (χ0) is 11.3. The van der Waals surface area contributed by atoms with Crippen LogP contribution in [0.25, 0.3) is 0 Å². The van der Waals surface area contributed by atoms with Crippen LogP contribution in [0.1, 0.15) is 28.0 Å². The van der Waals surface area contributed by atoms with Gasteiger partial charge in [0.1, 0.15) is 11.4 Å². The summed E-state index contributed by atoms with van der Waals surface area (Å²) in [6, 6.07) is 0. The first-order valence-corrected chi connectivity index (χ1v) is 5.39. The minimum absolute atomic E-state index is 0.361. The summed E-state index contributed by atoms with van der Waals surface area (Å²) in [5, 5.41) is 11.6. The van der Waals surface area contributed by atoms with Gasteiger partial charge in [0.2, 0.25) is 0 Å². The van der Waals surface area contributed by atoms with Gasteiger partial charge < -0.3 is 10.4 Å². The molecule has 82 valence electrons. The van der Waals surface area contributed by atoms with Crippen LogP contribution in [-0.2, 0) is 11.2 Å². The number of carboxylic acids is 1. The molecule has 1 amide bonds. The third-order valence-corrected chi connectivity index (χ3v) is 2.70. The van der Waals surface area contributed by atoms with Crippen LogP contribution in [0.2, 0.25) is 0 Å². The highest BCUT2D eigenvalue weighted by atomic mass is 32.1. The number of nitrogens with one attached hydrogen (secondary N) is 1. The smallest absolute Gasteiger partial charge is 0.322 e. The van der Waals surface area contributed by atoms with Crippen molar-refractivity contribution in [1.82, 2.24) is 10.3 Å². The Bertz CT molecular complexity index is 362. The summed E-state index contributed by atoms with van der Waals surface area (Å²) in [6.45, 7) is 1.67. The minimum Gasteiger partial charge on any atom is -0.480 e. The minimum atomic E-state index is -1.05. The zero-order valence-corrected chi connectivity index (χ0v) is 9.13. The van der Waals surface area contributed by atoms with Crippen LogP contribution >= 0.6 is 11.3 Å². The highest BCUT2D eigenvalue weighted by Gasteiger charge is 2.10. The molecule has 0 saturated carbocycles. The van der Waals surface area contributed by atoms with Crippen molar-refractivity contribution in [3.8, 4) is 0 Å². The summed E-state index contributed by atoms with van der Waals surface area (Å²) < 4.78 is 0. The van der Waals surface area contributed by atoms with E-state index >= 15 is 0 Å². The number of hydrogen-bond donors (Lipinski definition) is 2. The van der Waals surface area contributed by atoms with Crippen LogP contribution in [0.5, 0.6) is 0 Å². The van der Waals surface area contributed by atoms with Crippen LogP contribution < -0.4 is 5.32 Å². The molecule has 0 unspecified atom stereocenters. The molecule has 1 heterocycles. The molecule has 0 atom stereocenters. The molecule has 0 saturated heterocycles. The van der Waals surface area contributed by atoms with Crippen molar-refractivity contribution in [1.29, 1.82) is 0 Å². The average Bonchev–Trinajstić information content (AvgIpc) is 2.63. The summed E-state index contributed by atoms with van der Waals surface area (Å²) in [5.74, 6) is -1.43. The molecule has 1 aromatic rings. The van der Waals surface area contributed by atoms with E-state index < -0.39 is 5.97 Å². The van der Waals surface area contributed by atoms with Crippen molar-refractivity contribution < 1.29 is 14.7 Å². The number of rotatable bonds is 5. The first-order chi connectivity index (χ1) is 7.13. The third kappa shape index (κ3) is 3.67. The molecule has 5 nitrogen and oxygen atoms in total. The molecule has 1 aromatic heterocycles. The molecule has 0 spiro atoms. The predicted molar refractivity (Wildman–Crippen MR) is 56.1 cm³/mol. The maximum Gasteiger partial charge on any atom is 0.322 e. The molecule has 15 heavy (non-hydrogen) atoms. The van der Waals surface area contributed by atoms with Gasteiger partial charge in [0.25, 0.3) is 5.91 Å². The lowest BCUT2D eigenvalue weighted by Gasteiger charge is -1.97. The number of hydrogen-bond acceptors (Lipinski definition) is 4. The maximum absolute atomic E-state index is 11.4. The van der Waals surface area contributed by atoms with E-state index in [1.165, 1.54) is 17.5 Å². The molecule has 2 N–H and O–H groups in total. The zero-order valence-electron chi connectivity index (χ0n) is 8.32. The van der Waals surface area contributed by atoms with Gasteiger partial charge in [0.05, 0.1) is 11.2 Å². The SMILES string of the molecule is CCCc1ncc(C(=O)NCC(=O)O)s1. The summed E-state index contributed by atoms with van der Waals surface area (Å²) in [6.07, 6.45) is 3.30. The van der Waals surface area contributed by atoms with Crippen LogP contribution in [0, 0.1) is 0 Å². The standard InChI is InChI=1S/C9H12N2O3S/c1-2-3-7-10-4-6(15-7)9(14)11-5-8(12)13/h4H,2-3,5H2,1H3,(H,11,14)(H,12,13). The number of carboxylic acid groups (broad SMARTS) is 1. The monoisotopic (exact) mass is 228 g/mol. The van der Waals surface area contributed by atoms with Crippen LogP contribution in [0.4, 0.5) is 0 Å². The van der Waals surface area contributed by atoms with Crippen molar-refractivity contribution in [2.75, 3.05) is 6.54 Å². The third-order valence-electron chi connectivity index (χ3n) is 1.64. The summed E-state index contributed by atoms with van der Waals surface area (Å²) in [7, 11) is 0. The molecule has 0 bridgehead atoms. The van der Waals surface area contributed by atoms with Crippen molar-refractivity contribution in [3.05, 3.63) is 16.1 Å². The number of aromatic nitrogens is 1. The Hall–Kier alpha value is -1.43. The average molecular weight is 228 g/mol. The number of carbonyl (C=O) groups excluding carboxylic acids is 1. The predicted octanol–water partition coefficient (Wildman–Crippen LogP) is 0.910. The fourth-order valence-electron chi connectivity index (χ4n) is 0.988. The second-order valence-electron chi connectivity index (χ2n) is 2.94. The Morgan fingerprint density at radius 3 is 2.93 bits per heavy atom. The molecular formula is C9H12N2O3S. The number of aliphatic carboxylic acids is 1. The lowest BCUT2D eigenvalue weighted by molar-refractivity contribution is -0.135. The van der Waals surface area contributed by atoms with Crippen LogP contribution in [0.3, 0.4) is 0 Å². The summed E-state index contributed by atoms with van der Waals surface area (Å²) in [4.78, 5) is 26.1. The molecule has 0 radical (unpaired) electrons. The number of thiazole rings is 1. The number of amides is 1. The van der Waals surface area contributed by atoms with E-state index in [-0.39, 0.29) is 12.5 Å². The van der Waals surface area contributed by atoms with Gasteiger partial charge in [-0.1, -0.05) is 6.92 Å². The molecule has 0 aliphatic rings. The highest BCUT2D eigenvalue weighted by Crippen LogP contribution is 2.14. The van der Waals surface area contributed by atoms with Gasteiger partial charge in [0.15, 0.2) is 0 Å². The molecular weight excluding hydrogens is 216 g/mol. The molecule has 0 aliphatic carbocycles. The maximum atomic E-state index is 11.4. The number of nitrogens with zero attached hydrogens (tertiary/aromatic N) is 1. The molecule has 6 heteroatoms. The first kappa shape index (κ1) is 11.6. The van der Waals surface area contributed by atoms with Crippen molar-refractivity contribution in [2.45, 2.75) is 19.8 Å². The quantitative estimate of drug-likeness (QED) is 0.785. The largest absolute Gasteiger partial charge is 0.480 e. The van der Waals surface area contributed by atoms with E-state index in [4.69, 9.17) is 5.11 Å². The Morgan fingerprint density at radius 1 is 1.60 bits per heavy atom.